The Morgan fingerprint density at radius 3 is 2.51 bits per heavy atom. The molecule has 35 heavy (non-hydrogen) atoms. The van der Waals surface area contributed by atoms with Crippen molar-refractivity contribution in [2.75, 3.05) is 12.4 Å². The molecule has 0 spiro atoms. The fourth-order valence-corrected chi connectivity index (χ4v) is 3.62. The van der Waals surface area contributed by atoms with Crippen LogP contribution in [-0.4, -0.2) is 13.0 Å². The van der Waals surface area contributed by atoms with Crippen molar-refractivity contribution >= 4 is 17.7 Å². The molecule has 3 aromatic rings. The molecule has 3 rings (SSSR count). The van der Waals surface area contributed by atoms with Gasteiger partial charge in [-0.05, 0) is 73.7 Å². The van der Waals surface area contributed by atoms with E-state index in [9.17, 15) is 10.1 Å². The van der Waals surface area contributed by atoms with Crippen LogP contribution >= 0.6 is 0 Å². The van der Waals surface area contributed by atoms with E-state index >= 15 is 0 Å². The Bertz CT molecular complexity index is 1300. The van der Waals surface area contributed by atoms with Crippen LogP contribution in [-0.2, 0) is 17.8 Å². The molecule has 1 N–H and O–H groups in total. The van der Waals surface area contributed by atoms with Gasteiger partial charge in [-0.25, -0.2) is 0 Å². The van der Waals surface area contributed by atoms with Crippen LogP contribution in [0.1, 0.15) is 33.4 Å². The van der Waals surface area contributed by atoms with Gasteiger partial charge in [0, 0.05) is 11.3 Å². The van der Waals surface area contributed by atoms with Gasteiger partial charge in [0.25, 0.3) is 5.91 Å². The second-order valence-electron chi connectivity index (χ2n) is 8.35. The van der Waals surface area contributed by atoms with Gasteiger partial charge in [0.05, 0.1) is 7.11 Å². The lowest BCUT2D eigenvalue weighted by Crippen LogP contribution is -2.14. The zero-order valence-electron chi connectivity index (χ0n) is 20.6. The first kappa shape index (κ1) is 25.3. The van der Waals surface area contributed by atoms with Crippen molar-refractivity contribution in [1.82, 2.24) is 0 Å². The van der Waals surface area contributed by atoms with E-state index in [2.05, 4.69) is 11.9 Å². The second-order valence-corrected chi connectivity index (χ2v) is 8.35. The summed E-state index contributed by atoms with van der Waals surface area (Å²) in [5.74, 6) is 0.670. The molecule has 3 aromatic carbocycles. The van der Waals surface area contributed by atoms with E-state index in [1.807, 2.05) is 75.4 Å². The molecular formula is C30H30N2O3. The van der Waals surface area contributed by atoms with Crippen molar-refractivity contribution < 1.29 is 14.3 Å². The number of hydrogen-bond acceptors (Lipinski definition) is 4. The number of nitrogens with zero attached hydrogens (tertiary/aromatic N) is 1. The van der Waals surface area contributed by atoms with Crippen molar-refractivity contribution in [2.45, 2.75) is 33.8 Å². The van der Waals surface area contributed by atoms with E-state index in [0.717, 1.165) is 22.3 Å². The number of nitrogens with one attached hydrogen (secondary N) is 1. The van der Waals surface area contributed by atoms with Gasteiger partial charge in [0.1, 0.15) is 18.2 Å². The third-order valence-corrected chi connectivity index (χ3v) is 5.77. The minimum atomic E-state index is -0.467. The lowest BCUT2D eigenvalue weighted by molar-refractivity contribution is -0.112. The first-order valence-corrected chi connectivity index (χ1v) is 11.4. The highest BCUT2D eigenvalue weighted by molar-refractivity contribution is 6.10. The average molecular weight is 467 g/mol. The number of carbonyl (C=O) groups is 1. The largest absolute Gasteiger partial charge is 0.493 e. The highest BCUT2D eigenvalue weighted by atomic mass is 16.5. The molecule has 178 valence electrons. The van der Waals surface area contributed by atoms with Crippen LogP contribution < -0.4 is 14.8 Å². The molecular weight excluding hydrogens is 436 g/mol. The van der Waals surface area contributed by atoms with Crippen LogP contribution in [0.15, 0.2) is 72.8 Å². The zero-order chi connectivity index (χ0) is 25.4. The number of methoxy groups -OCH3 is 1. The fraction of sp³-hybridized carbons (Fsp3) is 0.200. The molecule has 5 heteroatoms. The number of carbonyl (C=O) groups excluding carboxylic acids is 1. The van der Waals surface area contributed by atoms with Gasteiger partial charge in [-0.2, -0.15) is 5.26 Å². The van der Waals surface area contributed by atoms with Crippen molar-refractivity contribution in [3.8, 4) is 17.6 Å². The van der Waals surface area contributed by atoms with E-state index < -0.39 is 5.91 Å². The van der Waals surface area contributed by atoms with E-state index in [1.54, 1.807) is 25.3 Å². The van der Waals surface area contributed by atoms with Gasteiger partial charge in [-0.15, -0.1) is 6.58 Å². The molecule has 0 saturated carbocycles. The minimum Gasteiger partial charge on any atom is -0.493 e. The van der Waals surface area contributed by atoms with Gasteiger partial charge < -0.3 is 14.8 Å². The number of aryl methyl sites for hydroxylation is 2. The van der Waals surface area contributed by atoms with Crippen LogP contribution in [0.3, 0.4) is 0 Å². The summed E-state index contributed by atoms with van der Waals surface area (Å²) in [5.41, 5.74) is 6.44. The summed E-state index contributed by atoms with van der Waals surface area (Å²) in [7, 11) is 1.57. The topological polar surface area (TPSA) is 71.4 Å². The Balaban J connectivity index is 1.91. The maximum absolute atomic E-state index is 12.9. The molecule has 0 unspecified atom stereocenters. The molecule has 0 aliphatic carbocycles. The molecule has 0 aromatic heterocycles. The molecule has 0 aliphatic rings. The van der Waals surface area contributed by atoms with E-state index in [0.29, 0.717) is 35.8 Å². The zero-order valence-corrected chi connectivity index (χ0v) is 20.6. The summed E-state index contributed by atoms with van der Waals surface area (Å²) in [4.78, 5) is 12.9. The number of allylic oxidation sites excluding steroid dienone is 1. The Morgan fingerprint density at radius 1 is 1.11 bits per heavy atom. The number of rotatable bonds is 9. The molecule has 0 atom stereocenters. The average Bonchev–Trinajstić information content (AvgIpc) is 2.85. The van der Waals surface area contributed by atoms with Gasteiger partial charge in [-0.3, -0.25) is 4.79 Å². The van der Waals surface area contributed by atoms with E-state index in [4.69, 9.17) is 9.47 Å². The summed E-state index contributed by atoms with van der Waals surface area (Å²) in [6.07, 6.45) is 3.87. The molecule has 0 radical (unpaired) electrons. The molecule has 0 aliphatic heterocycles. The smallest absolute Gasteiger partial charge is 0.266 e. The van der Waals surface area contributed by atoms with Crippen LogP contribution in [0.2, 0.25) is 0 Å². The monoisotopic (exact) mass is 466 g/mol. The van der Waals surface area contributed by atoms with E-state index in [1.165, 1.54) is 5.56 Å². The lowest BCUT2D eigenvalue weighted by Gasteiger charge is -2.16. The molecule has 5 nitrogen and oxygen atoms in total. The highest BCUT2D eigenvalue weighted by Gasteiger charge is 2.16. The van der Waals surface area contributed by atoms with E-state index in [-0.39, 0.29) is 5.57 Å². The standard InChI is InChI=1S/C30H30N2O3/c1-6-8-25-15-24(16-26(18-31)30(33)32-27-10-7-9-21(3)22(27)4)17-28(34-5)29(25)35-19-23-13-11-20(2)12-14-23/h6-7,9-17H,1,8,19H2,2-5H3,(H,32,33)/b26-16+. The Kier molecular flexibility index (Phi) is 8.48. The van der Waals surface area contributed by atoms with Crippen LogP contribution in [0.25, 0.3) is 6.08 Å². The first-order chi connectivity index (χ1) is 16.9. The Hall–Kier alpha value is -4.30. The predicted molar refractivity (Wildman–Crippen MR) is 141 cm³/mol. The summed E-state index contributed by atoms with van der Waals surface area (Å²) >= 11 is 0. The number of hydrogen-bond donors (Lipinski definition) is 1. The molecule has 1 amide bonds. The predicted octanol–water partition coefficient (Wildman–Crippen LogP) is 6.47. The third kappa shape index (κ3) is 6.39. The van der Waals surface area contributed by atoms with Crippen molar-refractivity contribution in [3.63, 3.8) is 0 Å². The summed E-state index contributed by atoms with van der Waals surface area (Å²) in [6, 6.07) is 19.5. The van der Waals surface area contributed by atoms with Crippen LogP contribution in [0, 0.1) is 32.1 Å². The summed E-state index contributed by atoms with van der Waals surface area (Å²) in [6.45, 7) is 10.2. The number of anilines is 1. The van der Waals surface area contributed by atoms with Crippen molar-refractivity contribution in [3.05, 3.63) is 106 Å². The SMILES string of the molecule is C=CCc1cc(/C=C(\C#N)C(=O)Nc2cccc(C)c2C)cc(OC)c1OCc1ccc(C)cc1. The van der Waals surface area contributed by atoms with Gasteiger partial charge in [0.15, 0.2) is 11.5 Å². The quantitative estimate of drug-likeness (QED) is 0.223. The summed E-state index contributed by atoms with van der Waals surface area (Å²) in [5, 5.41) is 12.5. The lowest BCUT2D eigenvalue weighted by atomic mass is 10.0. The highest BCUT2D eigenvalue weighted by Crippen LogP contribution is 2.35. The van der Waals surface area contributed by atoms with Crippen molar-refractivity contribution in [2.24, 2.45) is 0 Å². The Labute approximate surface area is 207 Å². The first-order valence-electron chi connectivity index (χ1n) is 11.4. The fourth-order valence-electron chi connectivity index (χ4n) is 3.62. The van der Waals surface area contributed by atoms with Crippen LogP contribution in [0.4, 0.5) is 5.69 Å². The van der Waals surface area contributed by atoms with Crippen LogP contribution in [0.5, 0.6) is 11.5 Å². The molecule has 0 fully saturated rings. The maximum atomic E-state index is 12.9. The number of amides is 1. The molecule has 0 bridgehead atoms. The van der Waals surface area contributed by atoms with Gasteiger partial charge in [0.2, 0.25) is 0 Å². The normalized spacial score (nSPS) is 10.9. The molecule has 0 saturated heterocycles. The maximum Gasteiger partial charge on any atom is 0.266 e. The van der Waals surface area contributed by atoms with Crippen molar-refractivity contribution in [1.29, 1.82) is 5.26 Å². The second kappa shape index (κ2) is 11.7. The number of ether oxygens (including phenoxy) is 2. The third-order valence-electron chi connectivity index (χ3n) is 5.77. The number of nitriles is 1. The molecule has 0 heterocycles. The Morgan fingerprint density at radius 2 is 1.86 bits per heavy atom. The van der Waals surface area contributed by atoms with Gasteiger partial charge in [-0.1, -0.05) is 48.0 Å². The van der Waals surface area contributed by atoms with Gasteiger partial charge >= 0.3 is 0 Å². The summed E-state index contributed by atoms with van der Waals surface area (Å²) < 4.78 is 11.7. The minimum absolute atomic E-state index is 0.00849. The number of benzene rings is 3.